The molecule has 0 radical (unpaired) electrons. The van der Waals surface area contributed by atoms with E-state index in [-0.39, 0.29) is 10.1 Å². The Morgan fingerprint density at radius 3 is 2.53 bits per heavy atom. The van der Waals surface area contributed by atoms with Crippen molar-refractivity contribution in [1.29, 1.82) is 0 Å². The van der Waals surface area contributed by atoms with E-state index in [0.717, 1.165) is 16.9 Å². The Balaban J connectivity index is 2.27. The molecule has 0 saturated carbocycles. The minimum atomic E-state index is -3.26. The lowest BCUT2D eigenvalue weighted by Gasteiger charge is -2.00. The van der Waals surface area contributed by atoms with E-state index in [1.54, 1.807) is 17.5 Å². The van der Waals surface area contributed by atoms with Gasteiger partial charge in [0.05, 0.1) is 5.75 Å². The zero-order valence-electron chi connectivity index (χ0n) is 7.83. The van der Waals surface area contributed by atoms with E-state index in [1.165, 1.54) is 6.20 Å². The summed E-state index contributed by atoms with van der Waals surface area (Å²) in [6, 6.07) is 9.11. The molecule has 0 N–H and O–H groups in total. The number of sulfone groups is 1. The van der Waals surface area contributed by atoms with Crippen LogP contribution in [0.1, 0.15) is 5.56 Å². The molecule has 0 fully saturated rings. The molecule has 0 aliphatic carbocycles. The van der Waals surface area contributed by atoms with Crippen LogP contribution in [0.4, 0.5) is 0 Å². The zero-order chi connectivity index (χ0) is 10.7. The molecule has 1 aromatic carbocycles. The van der Waals surface area contributed by atoms with Crippen LogP contribution in [0.15, 0.2) is 46.2 Å². The summed E-state index contributed by atoms with van der Waals surface area (Å²) >= 11 is 1.15. The summed E-state index contributed by atoms with van der Waals surface area (Å²) in [5.74, 6) is 0.0152. The van der Waals surface area contributed by atoms with Crippen molar-refractivity contribution in [2.45, 2.75) is 10.1 Å². The lowest BCUT2D eigenvalue weighted by atomic mass is 10.2. The third kappa shape index (κ3) is 2.43. The monoisotopic (exact) mass is 239 g/mol. The van der Waals surface area contributed by atoms with Gasteiger partial charge in [-0.1, -0.05) is 30.3 Å². The molecular formula is C10H9NO2S2. The van der Waals surface area contributed by atoms with Crippen LogP contribution < -0.4 is 0 Å². The van der Waals surface area contributed by atoms with Crippen LogP contribution in [-0.4, -0.2) is 13.4 Å². The molecule has 15 heavy (non-hydrogen) atoms. The minimum Gasteiger partial charge on any atom is -0.234 e. The molecular weight excluding hydrogens is 230 g/mol. The van der Waals surface area contributed by atoms with Crippen LogP contribution in [0.5, 0.6) is 0 Å². The fourth-order valence-electron chi connectivity index (χ4n) is 1.22. The standard InChI is InChI=1S/C10H9NO2S2/c12-15(13,10-11-6-7-14-10)8-9-4-2-1-3-5-9/h1-7H,8H2. The number of benzene rings is 1. The predicted octanol–water partition coefficient (Wildman–Crippen LogP) is 2.12. The Hall–Kier alpha value is -1.20. The highest BCUT2D eigenvalue weighted by molar-refractivity contribution is 7.92. The first kappa shape index (κ1) is 10.3. The van der Waals surface area contributed by atoms with E-state index >= 15 is 0 Å². The number of hydrogen-bond acceptors (Lipinski definition) is 4. The molecule has 0 spiro atoms. The molecule has 0 unspecified atom stereocenters. The van der Waals surface area contributed by atoms with Crippen molar-refractivity contribution in [3.8, 4) is 0 Å². The first-order chi connectivity index (χ1) is 7.18. The third-order valence-corrected chi connectivity index (χ3v) is 4.84. The average molecular weight is 239 g/mol. The summed E-state index contributed by atoms with van der Waals surface area (Å²) in [6.07, 6.45) is 1.50. The second kappa shape index (κ2) is 4.12. The van der Waals surface area contributed by atoms with Crippen molar-refractivity contribution in [1.82, 2.24) is 4.98 Å². The van der Waals surface area contributed by atoms with E-state index in [2.05, 4.69) is 4.98 Å². The summed E-state index contributed by atoms with van der Waals surface area (Å²) in [5, 5.41) is 1.66. The molecule has 3 nitrogen and oxygen atoms in total. The molecule has 5 heteroatoms. The van der Waals surface area contributed by atoms with Gasteiger partial charge in [-0.3, -0.25) is 0 Å². The molecule has 0 atom stereocenters. The lowest BCUT2D eigenvalue weighted by molar-refractivity contribution is 0.594. The van der Waals surface area contributed by atoms with Gasteiger partial charge in [-0.2, -0.15) is 0 Å². The molecule has 0 bridgehead atoms. The maximum atomic E-state index is 11.8. The van der Waals surface area contributed by atoms with Gasteiger partial charge >= 0.3 is 0 Å². The number of thiazole rings is 1. The second-order valence-electron chi connectivity index (χ2n) is 3.04. The Morgan fingerprint density at radius 1 is 1.20 bits per heavy atom. The van der Waals surface area contributed by atoms with Crippen LogP contribution in [0.2, 0.25) is 0 Å². The molecule has 2 aromatic rings. The molecule has 1 heterocycles. The van der Waals surface area contributed by atoms with Crippen molar-refractivity contribution < 1.29 is 8.42 Å². The van der Waals surface area contributed by atoms with Gasteiger partial charge in [0.25, 0.3) is 0 Å². The van der Waals surface area contributed by atoms with E-state index in [0.29, 0.717) is 0 Å². The van der Waals surface area contributed by atoms with Gasteiger partial charge in [-0.25, -0.2) is 13.4 Å². The molecule has 0 aliphatic heterocycles. The second-order valence-corrected chi connectivity index (χ2v) is 6.10. The molecule has 1 aromatic heterocycles. The number of hydrogen-bond donors (Lipinski definition) is 0. The van der Waals surface area contributed by atoms with Gasteiger partial charge < -0.3 is 0 Å². The molecule has 0 saturated heterocycles. The van der Waals surface area contributed by atoms with E-state index < -0.39 is 9.84 Å². The van der Waals surface area contributed by atoms with Gasteiger partial charge in [-0.05, 0) is 5.56 Å². The molecule has 0 amide bonds. The van der Waals surface area contributed by atoms with Gasteiger partial charge in [0.15, 0.2) is 0 Å². The number of aromatic nitrogens is 1. The van der Waals surface area contributed by atoms with Gasteiger partial charge in [0, 0.05) is 11.6 Å². The van der Waals surface area contributed by atoms with Crippen LogP contribution in [0, 0.1) is 0 Å². The Labute approximate surface area is 92.3 Å². The van der Waals surface area contributed by atoms with Crippen molar-refractivity contribution in [2.24, 2.45) is 0 Å². The first-order valence-electron chi connectivity index (χ1n) is 4.35. The predicted molar refractivity (Wildman–Crippen MR) is 59.4 cm³/mol. The Kier molecular flexibility index (Phi) is 2.83. The topological polar surface area (TPSA) is 47.0 Å². The molecule has 78 valence electrons. The van der Waals surface area contributed by atoms with E-state index in [1.807, 2.05) is 18.2 Å². The van der Waals surface area contributed by atoms with Gasteiger partial charge in [0.1, 0.15) is 0 Å². The first-order valence-corrected chi connectivity index (χ1v) is 6.88. The third-order valence-electron chi connectivity index (χ3n) is 1.88. The smallest absolute Gasteiger partial charge is 0.209 e. The van der Waals surface area contributed by atoms with E-state index in [9.17, 15) is 8.42 Å². The highest BCUT2D eigenvalue weighted by atomic mass is 32.2. The summed E-state index contributed by atoms with van der Waals surface area (Å²) < 4.78 is 23.8. The highest BCUT2D eigenvalue weighted by Crippen LogP contribution is 2.17. The zero-order valence-corrected chi connectivity index (χ0v) is 9.46. The van der Waals surface area contributed by atoms with Crippen molar-refractivity contribution >= 4 is 21.2 Å². The van der Waals surface area contributed by atoms with Crippen LogP contribution in [0.3, 0.4) is 0 Å². The maximum absolute atomic E-state index is 11.8. The fraction of sp³-hybridized carbons (Fsp3) is 0.100. The summed E-state index contributed by atoms with van der Waals surface area (Å²) in [4.78, 5) is 3.81. The fourth-order valence-corrected chi connectivity index (χ4v) is 3.49. The number of nitrogens with zero attached hydrogens (tertiary/aromatic N) is 1. The quantitative estimate of drug-likeness (QED) is 0.824. The van der Waals surface area contributed by atoms with Gasteiger partial charge in [0.2, 0.25) is 14.2 Å². The van der Waals surface area contributed by atoms with E-state index in [4.69, 9.17) is 0 Å². The normalized spacial score (nSPS) is 11.5. The summed E-state index contributed by atoms with van der Waals surface area (Å²) in [7, 11) is -3.26. The van der Waals surface area contributed by atoms with Gasteiger partial charge in [-0.15, -0.1) is 11.3 Å². The lowest BCUT2D eigenvalue weighted by Crippen LogP contribution is -2.04. The van der Waals surface area contributed by atoms with Crippen molar-refractivity contribution in [3.63, 3.8) is 0 Å². The minimum absolute atomic E-state index is 0.0152. The van der Waals surface area contributed by atoms with Crippen LogP contribution in [-0.2, 0) is 15.6 Å². The Bertz CT molecular complexity index is 518. The summed E-state index contributed by atoms with van der Waals surface area (Å²) in [5.41, 5.74) is 0.785. The maximum Gasteiger partial charge on any atom is 0.209 e. The van der Waals surface area contributed by atoms with Crippen LogP contribution in [0.25, 0.3) is 0 Å². The van der Waals surface area contributed by atoms with Crippen molar-refractivity contribution in [2.75, 3.05) is 0 Å². The Morgan fingerprint density at radius 2 is 1.93 bits per heavy atom. The highest BCUT2D eigenvalue weighted by Gasteiger charge is 2.17. The molecule has 2 rings (SSSR count). The van der Waals surface area contributed by atoms with Crippen molar-refractivity contribution in [3.05, 3.63) is 47.5 Å². The molecule has 0 aliphatic rings. The number of rotatable bonds is 3. The largest absolute Gasteiger partial charge is 0.234 e. The SMILES string of the molecule is O=S(=O)(Cc1ccccc1)c1nccs1. The summed E-state index contributed by atoms with van der Waals surface area (Å²) in [6.45, 7) is 0. The average Bonchev–Trinajstić information content (AvgIpc) is 2.71. The van der Waals surface area contributed by atoms with Crippen LogP contribution >= 0.6 is 11.3 Å².